The quantitative estimate of drug-likeness (QED) is 0.889. The van der Waals surface area contributed by atoms with E-state index in [2.05, 4.69) is 12.1 Å². The van der Waals surface area contributed by atoms with Crippen LogP contribution in [0, 0.1) is 0 Å². The molecule has 2 aromatic carbocycles. The van der Waals surface area contributed by atoms with Crippen LogP contribution in [0.4, 0.5) is 0 Å². The second kappa shape index (κ2) is 5.06. The van der Waals surface area contributed by atoms with Gasteiger partial charge in [-0.25, -0.2) is 0 Å². The van der Waals surface area contributed by atoms with E-state index in [1.165, 1.54) is 11.1 Å². The minimum Gasteiger partial charge on any atom is -0.497 e. The van der Waals surface area contributed by atoms with Gasteiger partial charge in [0.2, 0.25) is 0 Å². The van der Waals surface area contributed by atoms with Crippen molar-refractivity contribution in [2.75, 3.05) is 7.11 Å². The largest absolute Gasteiger partial charge is 0.497 e. The van der Waals surface area contributed by atoms with Gasteiger partial charge in [0.1, 0.15) is 5.75 Å². The van der Waals surface area contributed by atoms with Gasteiger partial charge < -0.3 is 9.84 Å². The second-order valence-electron chi connectivity index (χ2n) is 5.07. The molecule has 2 atom stereocenters. The van der Waals surface area contributed by atoms with Crippen LogP contribution in [0.3, 0.4) is 0 Å². The number of benzene rings is 2. The molecule has 0 radical (unpaired) electrons. The number of methoxy groups -OCH3 is 1. The molecule has 0 bridgehead atoms. The van der Waals surface area contributed by atoms with Gasteiger partial charge in [0, 0.05) is 5.92 Å². The fraction of sp³-hybridized carbons (Fsp3) is 0.294. The van der Waals surface area contributed by atoms with Gasteiger partial charge in [-0.05, 0) is 41.7 Å². The van der Waals surface area contributed by atoms with Gasteiger partial charge in [0.05, 0.1) is 13.2 Å². The molecule has 1 N–H and O–H groups in total. The fourth-order valence-corrected chi connectivity index (χ4v) is 2.95. The lowest BCUT2D eigenvalue weighted by atomic mass is 9.78. The number of aryl methyl sites for hydroxylation is 1. The summed E-state index contributed by atoms with van der Waals surface area (Å²) in [6.07, 6.45) is 1.55. The highest BCUT2D eigenvalue weighted by Gasteiger charge is 2.29. The lowest BCUT2D eigenvalue weighted by molar-refractivity contribution is 0.131. The predicted octanol–water partition coefficient (Wildman–Crippen LogP) is 3.46. The topological polar surface area (TPSA) is 29.5 Å². The standard InChI is InChI=1S/C17H18O2/c1-19-14-8-10-16-13(11-14)7-9-15(17(16)18)12-5-3-2-4-6-12/h2-6,8,10-11,15,17-18H,7,9H2,1H3/t15-,17+/m0/s1. The summed E-state index contributed by atoms with van der Waals surface area (Å²) in [5.74, 6) is 1.06. The third-order valence-corrected chi connectivity index (χ3v) is 4.00. The van der Waals surface area contributed by atoms with Gasteiger partial charge in [0.15, 0.2) is 0 Å². The summed E-state index contributed by atoms with van der Waals surface area (Å²) in [4.78, 5) is 0. The molecule has 0 fully saturated rings. The van der Waals surface area contributed by atoms with Crippen LogP contribution in [0.25, 0.3) is 0 Å². The molecule has 0 unspecified atom stereocenters. The zero-order valence-corrected chi connectivity index (χ0v) is 11.0. The van der Waals surface area contributed by atoms with Gasteiger partial charge in [-0.15, -0.1) is 0 Å². The van der Waals surface area contributed by atoms with Gasteiger partial charge in [-0.3, -0.25) is 0 Å². The summed E-state index contributed by atoms with van der Waals surface area (Å²) in [7, 11) is 1.67. The second-order valence-corrected chi connectivity index (χ2v) is 5.07. The van der Waals surface area contributed by atoms with Crippen LogP contribution in [0.15, 0.2) is 48.5 Å². The summed E-state index contributed by atoms with van der Waals surface area (Å²) in [5.41, 5.74) is 3.47. The molecule has 1 aliphatic carbocycles. The van der Waals surface area contributed by atoms with Crippen LogP contribution in [-0.2, 0) is 6.42 Å². The fourth-order valence-electron chi connectivity index (χ4n) is 2.95. The average Bonchev–Trinajstić information content (AvgIpc) is 2.48. The average molecular weight is 254 g/mol. The molecule has 0 heterocycles. The summed E-state index contributed by atoms with van der Waals surface area (Å²) < 4.78 is 5.25. The third-order valence-electron chi connectivity index (χ3n) is 4.00. The van der Waals surface area contributed by atoms with Crippen LogP contribution >= 0.6 is 0 Å². The first-order valence-electron chi connectivity index (χ1n) is 6.69. The van der Waals surface area contributed by atoms with Gasteiger partial charge >= 0.3 is 0 Å². The van der Waals surface area contributed by atoms with E-state index in [0.717, 1.165) is 24.2 Å². The summed E-state index contributed by atoms with van der Waals surface area (Å²) in [5, 5.41) is 10.6. The molecular weight excluding hydrogens is 236 g/mol. The van der Waals surface area contributed by atoms with E-state index in [1.807, 2.05) is 36.4 Å². The smallest absolute Gasteiger partial charge is 0.119 e. The van der Waals surface area contributed by atoms with Gasteiger partial charge in [-0.2, -0.15) is 0 Å². The van der Waals surface area contributed by atoms with Gasteiger partial charge in [0.25, 0.3) is 0 Å². The zero-order chi connectivity index (χ0) is 13.2. The number of rotatable bonds is 2. The van der Waals surface area contributed by atoms with Crippen molar-refractivity contribution >= 4 is 0 Å². The predicted molar refractivity (Wildman–Crippen MR) is 75.5 cm³/mol. The van der Waals surface area contributed by atoms with Gasteiger partial charge in [-0.1, -0.05) is 36.4 Å². The van der Waals surface area contributed by atoms with Crippen molar-refractivity contribution < 1.29 is 9.84 Å². The van der Waals surface area contributed by atoms with Crippen molar-refractivity contribution in [3.8, 4) is 5.75 Å². The van der Waals surface area contributed by atoms with E-state index in [4.69, 9.17) is 4.74 Å². The number of aliphatic hydroxyl groups excluding tert-OH is 1. The highest BCUT2D eigenvalue weighted by atomic mass is 16.5. The highest BCUT2D eigenvalue weighted by Crippen LogP contribution is 2.41. The molecule has 0 saturated carbocycles. The summed E-state index contributed by atoms with van der Waals surface area (Å²) in [6, 6.07) is 16.2. The van der Waals surface area contributed by atoms with Crippen LogP contribution in [-0.4, -0.2) is 12.2 Å². The molecule has 98 valence electrons. The Morgan fingerprint density at radius 2 is 1.89 bits per heavy atom. The Morgan fingerprint density at radius 3 is 2.63 bits per heavy atom. The monoisotopic (exact) mass is 254 g/mol. The van der Waals surface area contributed by atoms with E-state index in [1.54, 1.807) is 7.11 Å². The molecule has 2 nitrogen and oxygen atoms in total. The number of ether oxygens (including phenoxy) is 1. The molecule has 2 aromatic rings. The number of aliphatic hydroxyl groups is 1. The van der Waals surface area contributed by atoms with Crippen molar-refractivity contribution in [2.24, 2.45) is 0 Å². The molecular formula is C17H18O2. The first kappa shape index (κ1) is 12.2. The summed E-state index contributed by atoms with van der Waals surface area (Å²) >= 11 is 0. The zero-order valence-electron chi connectivity index (χ0n) is 11.0. The van der Waals surface area contributed by atoms with Crippen molar-refractivity contribution in [3.63, 3.8) is 0 Å². The molecule has 19 heavy (non-hydrogen) atoms. The van der Waals surface area contributed by atoms with E-state index < -0.39 is 6.10 Å². The number of hydrogen-bond donors (Lipinski definition) is 1. The Kier molecular flexibility index (Phi) is 3.26. The SMILES string of the molecule is COc1ccc2c(c1)CC[C@@H](c1ccccc1)[C@H]2O. The van der Waals surface area contributed by atoms with E-state index >= 15 is 0 Å². The minimum absolute atomic E-state index is 0.196. The molecule has 0 saturated heterocycles. The summed E-state index contributed by atoms with van der Waals surface area (Å²) in [6.45, 7) is 0. The molecule has 0 spiro atoms. The Morgan fingerprint density at radius 1 is 1.11 bits per heavy atom. The number of hydrogen-bond acceptors (Lipinski definition) is 2. The minimum atomic E-state index is -0.419. The first-order chi connectivity index (χ1) is 9.29. The molecule has 0 aliphatic heterocycles. The van der Waals surface area contributed by atoms with Crippen molar-refractivity contribution in [3.05, 3.63) is 65.2 Å². The van der Waals surface area contributed by atoms with Crippen molar-refractivity contribution in [1.82, 2.24) is 0 Å². The normalized spacial score (nSPS) is 21.8. The van der Waals surface area contributed by atoms with Crippen molar-refractivity contribution in [1.29, 1.82) is 0 Å². The first-order valence-corrected chi connectivity index (χ1v) is 6.69. The maximum Gasteiger partial charge on any atom is 0.119 e. The molecule has 1 aliphatic rings. The Bertz CT molecular complexity index is 563. The Labute approximate surface area is 113 Å². The van der Waals surface area contributed by atoms with Crippen LogP contribution < -0.4 is 4.74 Å². The molecule has 0 amide bonds. The molecule has 3 rings (SSSR count). The lowest BCUT2D eigenvalue weighted by Crippen LogP contribution is -2.19. The lowest BCUT2D eigenvalue weighted by Gasteiger charge is -2.30. The highest BCUT2D eigenvalue weighted by molar-refractivity contribution is 5.41. The van der Waals surface area contributed by atoms with Crippen LogP contribution in [0.2, 0.25) is 0 Å². The van der Waals surface area contributed by atoms with Crippen molar-refractivity contribution in [2.45, 2.75) is 24.9 Å². The van der Waals surface area contributed by atoms with E-state index in [0.29, 0.717) is 0 Å². The third kappa shape index (κ3) is 2.24. The van der Waals surface area contributed by atoms with Crippen LogP contribution in [0.1, 0.15) is 35.1 Å². The number of fused-ring (bicyclic) bond motifs is 1. The molecule has 2 heteroatoms. The Hall–Kier alpha value is -1.80. The van der Waals surface area contributed by atoms with Crippen LogP contribution in [0.5, 0.6) is 5.75 Å². The molecule has 0 aromatic heterocycles. The van der Waals surface area contributed by atoms with E-state index in [-0.39, 0.29) is 5.92 Å². The maximum atomic E-state index is 10.6. The maximum absolute atomic E-state index is 10.6. The van der Waals surface area contributed by atoms with E-state index in [9.17, 15) is 5.11 Å². The Balaban J connectivity index is 1.94.